The predicted octanol–water partition coefficient (Wildman–Crippen LogP) is 3.02. The molecule has 0 unspecified atom stereocenters. The number of aryl methyl sites for hydroxylation is 1. The van der Waals surface area contributed by atoms with Gasteiger partial charge in [0.2, 0.25) is 5.91 Å². The lowest BCUT2D eigenvalue weighted by molar-refractivity contribution is -0.115. The Bertz CT molecular complexity index is 828. The number of anilines is 1. The van der Waals surface area contributed by atoms with Gasteiger partial charge in [0.1, 0.15) is 0 Å². The molecule has 0 radical (unpaired) electrons. The molecule has 160 valence electrons. The van der Waals surface area contributed by atoms with Crippen molar-refractivity contribution in [1.29, 1.82) is 0 Å². The number of amides is 1. The second-order valence-electron chi connectivity index (χ2n) is 7.71. The fraction of sp³-hybridized carbons (Fsp3) is 0.417. The number of hydrogen-bond donors (Lipinski definition) is 3. The minimum absolute atomic E-state index is 0.0797. The Hall–Kier alpha value is -2.86. The molecule has 3 rings (SSSR count). The number of nitrogens with zero attached hydrogens (tertiary/aromatic N) is 2. The Morgan fingerprint density at radius 3 is 2.50 bits per heavy atom. The van der Waals surface area contributed by atoms with Crippen molar-refractivity contribution < 1.29 is 4.79 Å². The molecule has 1 fully saturated rings. The Kier molecular flexibility index (Phi) is 8.27. The molecule has 2 aromatic carbocycles. The molecular formula is C24H33N5O. The van der Waals surface area contributed by atoms with Crippen LogP contribution in [0, 0.1) is 0 Å². The second kappa shape index (κ2) is 11.4. The number of guanidine groups is 1. The highest BCUT2D eigenvalue weighted by Crippen LogP contribution is 2.14. The van der Waals surface area contributed by atoms with Gasteiger partial charge in [0.15, 0.2) is 5.96 Å². The Balaban J connectivity index is 1.39. The first-order valence-electron chi connectivity index (χ1n) is 10.8. The molecule has 1 amide bonds. The molecule has 30 heavy (non-hydrogen) atoms. The van der Waals surface area contributed by atoms with Gasteiger partial charge >= 0.3 is 0 Å². The maximum atomic E-state index is 12.3. The summed E-state index contributed by atoms with van der Waals surface area (Å²) in [5.41, 5.74) is 3.39. The maximum absolute atomic E-state index is 12.3. The highest BCUT2D eigenvalue weighted by Gasteiger charge is 2.20. The van der Waals surface area contributed by atoms with Crippen LogP contribution in [0.5, 0.6) is 0 Å². The van der Waals surface area contributed by atoms with Crippen LogP contribution in [-0.2, 0) is 17.8 Å². The van der Waals surface area contributed by atoms with Crippen LogP contribution in [0.1, 0.15) is 30.9 Å². The van der Waals surface area contributed by atoms with Gasteiger partial charge in [-0.3, -0.25) is 14.7 Å². The number of hydrogen-bond acceptors (Lipinski definition) is 3. The third-order valence-electron chi connectivity index (χ3n) is 5.44. The summed E-state index contributed by atoms with van der Waals surface area (Å²) in [5.74, 6) is 0.595. The quantitative estimate of drug-likeness (QED) is 0.488. The van der Waals surface area contributed by atoms with Crippen LogP contribution < -0.4 is 16.0 Å². The van der Waals surface area contributed by atoms with Gasteiger partial charge < -0.3 is 16.0 Å². The Labute approximate surface area is 179 Å². The largest absolute Gasteiger partial charge is 0.354 e. The average molecular weight is 408 g/mol. The van der Waals surface area contributed by atoms with E-state index < -0.39 is 0 Å². The molecule has 6 nitrogen and oxygen atoms in total. The van der Waals surface area contributed by atoms with Gasteiger partial charge in [0.25, 0.3) is 0 Å². The van der Waals surface area contributed by atoms with Crippen LogP contribution >= 0.6 is 0 Å². The van der Waals surface area contributed by atoms with E-state index in [1.807, 2.05) is 18.2 Å². The van der Waals surface area contributed by atoms with E-state index in [4.69, 9.17) is 0 Å². The maximum Gasteiger partial charge on any atom is 0.243 e. The molecule has 0 spiro atoms. The summed E-state index contributed by atoms with van der Waals surface area (Å²) in [6.07, 6.45) is 3.07. The van der Waals surface area contributed by atoms with Crippen LogP contribution in [0.25, 0.3) is 0 Å². The first-order valence-corrected chi connectivity index (χ1v) is 10.8. The van der Waals surface area contributed by atoms with Crippen molar-refractivity contribution in [3.05, 3.63) is 65.7 Å². The molecule has 0 aromatic heterocycles. The van der Waals surface area contributed by atoms with Gasteiger partial charge in [-0.1, -0.05) is 49.4 Å². The van der Waals surface area contributed by atoms with Gasteiger partial charge in [-0.15, -0.1) is 0 Å². The summed E-state index contributed by atoms with van der Waals surface area (Å²) in [5, 5.41) is 9.53. The summed E-state index contributed by atoms with van der Waals surface area (Å²) < 4.78 is 0. The zero-order chi connectivity index (χ0) is 21.2. The van der Waals surface area contributed by atoms with Crippen molar-refractivity contribution in [2.24, 2.45) is 4.99 Å². The molecular weight excluding hydrogens is 374 g/mol. The summed E-state index contributed by atoms with van der Waals surface area (Å²) in [7, 11) is 1.74. The van der Waals surface area contributed by atoms with E-state index >= 15 is 0 Å². The molecule has 2 aromatic rings. The number of carbonyl (C=O) groups is 1. The van der Waals surface area contributed by atoms with E-state index in [9.17, 15) is 4.79 Å². The van der Waals surface area contributed by atoms with Gasteiger partial charge in [-0.05, 0) is 42.5 Å². The lowest BCUT2D eigenvalue weighted by Crippen LogP contribution is -2.49. The van der Waals surface area contributed by atoms with E-state index in [0.29, 0.717) is 12.0 Å². The van der Waals surface area contributed by atoms with Crippen LogP contribution in [0.4, 0.5) is 5.69 Å². The monoisotopic (exact) mass is 407 g/mol. The van der Waals surface area contributed by atoms with E-state index in [0.717, 1.165) is 44.6 Å². The number of nitrogens with one attached hydrogen (secondary N) is 3. The normalized spacial score (nSPS) is 15.6. The van der Waals surface area contributed by atoms with E-state index in [1.165, 1.54) is 11.1 Å². The van der Waals surface area contributed by atoms with Crippen molar-refractivity contribution in [3.63, 3.8) is 0 Å². The number of carbonyl (C=O) groups excluding carboxylic acids is 1. The van der Waals surface area contributed by atoms with Crippen LogP contribution in [-0.4, -0.2) is 49.5 Å². The van der Waals surface area contributed by atoms with E-state index in [2.05, 4.69) is 69.2 Å². The highest BCUT2D eigenvalue weighted by atomic mass is 16.1. The van der Waals surface area contributed by atoms with Crippen LogP contribution in [0.3, 0.4) is 0 Å². The number of benzene rings is 2. The molecule has 0 saturated carbocycles. The zero-order valence-corrected chi connectivity index (χ0v) is 18.0. The Morgan fingerprint density at radius 2 is 1.80 bits per heavy atom. The minimum Gasteiger partial charge on any atom is -0.354 e. The van der Waals surface area contributed by atoms with Crippen molar-refractivity contribution >= 4 is 17.6 Å². The summed E-state index contributed by atoms with van der Waals surface area (Å²) in [6, 6.07) is 18.9. The fourth-order valence-corrected chi connectivity index (χ4v) is 3.70. The summed E-state index contributed by atoms with van der Waals surface area (Å²) in [4.78, 5) is 19.0. The van der Waals surface area contributed by atoms with Gasteiger partial charge in [0.05, 0.1) is 6.54 Å². The van der Waals surface area contributed by atoms with Gasteiger partial charge in [-0.2, -0.15) is 0 Å². The van der Waals surface area contributed by atoms with Crippen molar-refractivity contribution in [2.45, 2.75) is 38.8 Å². The first kappa shape index (κ1) is 21.8. The topological polar surface area (TPSA) is 68.8 Å². The predicted molar refractivity (Wildman–Crippen MR) is 124 cm³/mol. The second-order valence-corrected chi connectivity index (χ2v) is 7.71. The van der Waals surface area contributed by atoms with E-state index in [1.54, 1.807) is 7.05 Å². The molecule has 6 heteroatoms. The number of piperidine rings is 1. The zero-order valence-electron chi connectivity index (χ0n) is 18.0. The average Bonchev–Trinajstić information content (AvgIpc) is 2.78. The lowest BCUT2D eigenvalue weighted by Gasteiger charge is -2.33. The molecule has 1 aliphatic rings. The third-order valence-corrected chi connectivity index (χ3v) is 5.44. The van der Waals surface area contributed by atoms with Crippen LogP contribution in [0.2, 0.25) is 0 Å². The molecule has 0 aliphatic carbocycles. The highest BCUT2D eigenvalue weighted by molar-refractivity contribution is 5.95. The van der Waals surface area contributed by atoms with Crippen molar-refractivity contribution in [3.8, 4) is 0 Å². The van der Waals surface area contributed by atoms with Gasteiger partial charge in [-0.25, -0.2) is 0 Å². The summed E-state index contributed by atoms with van der Waals surface area (Å²) in [6.45, 7) is 5.39. The van der Waals surface area contributed by atoms with E-state index in [-0.39, 0.29) is 12.5 Å². The number of likely N-dealkylation sites (tertiary alicyclic amines) is 1. The molecule has 0 bridgehead atoms. The van der Waals surface area contributed by atoms with Crippen molar-refractivity contribution in [1.82, 2.24) is 15.5 Å². The van der Waals surface area contributed by atoms with Gasteiger partial charge in [0, 0.05) is 38.4 Å². The SMILES string of the molecule is CCc1cccc(NC(=O)CNC(=NC)NC2CCN(Cc3ccccc3)CC2)c1. The molecule has 1 heterocycles. The molecule has 1 aliphatic heterocycles. The number of rotatable bonds is 7. The first-order chi connectivity index (χ1) is 14.7. The molecule has 3 N–H and O–H groups in total. The smallest absolute Gasteiger partial charge is 0.243 e. The third kappa shape index (κ3) is 6.88. The number of aliphatic imine (C=N–C) groups is 1. The molecule has 1 saturated heterocycles. The molecule has 0 atom stereocenters. The minimum atomic E-state index is -0.0797. The lowest BCUT2D eigenvalue weighted by atomic mass is 10.0. The standard InChI is InChI=1S/C24H33N5O/c1-3-19-10-7-11-22(16-19)27-23(30)17-26-24(25-2)28-21-12-14-29(15-13-21)18-20-8-5-4-6-9-20/h4-11,16,21H,3,12-15,17-18H2,1-2H3,(H,27,30)(H2,25,26,28). The van der Waals surface area contributed by atoms with Crippen molar-refractivity contribution in [2.75, 3.05) is 32.0 Å². The fourth-order valence-electron chi connectivity index (χ4n) is 3.70. The summed E-state index contributed by atoms with van der Waals surface area (Å²) >= 11 is 0. The van der Waals surface area contributed by atoms with Crippen LogP contribution in [0.15, 0.2) is 59.6 Å². The Morgan fingerprint density at radius 1 is 1.07 bits per heavy atom.